The molecule has 0 heterocycles. The first kappa shape index (κ1) is 15.6. The van der Waals surface area contributed by atoms with Crippen LogP contribution in [0.4, 0.5) is 4.79 Å². The minimum absolute atomic E-state index is 0.136. The van der Waals surface area contributed by atoms with Gasteiger partial charge in [0, 0.05) is 25.3 Å². The van der Waals surface area contributed by atoms with E-state index in [0.717, 1.165) is 30.6 Å². The zero-order chi connectivity index (χ0) is 15.1. The molecule has 2 atom stereocenters. The normalized spacial score (nSPS) is 21.0. The van der Waals surface area contributed by atoms with Crippen LogP contribution >= 0.6 is 0 Å². The molecule has 2 amide bonds. The van der Waals surface area contributed by atoms with E-state index >= 15 is 0 Å². The van der Waals surface area contributed by atoms with Gasteiger partial charge in [-0.1, -0.05) is 18.2 Å². The largest absolute Gasteiger partial charge is 0.494 e. The molecule has 1 saturated carbocycles. The lowest BCUT2D eigenvalue weighted by Gasteiger charge is -2.15. The van der Waals surface area contributed by atoms with E-state index in [1.165, 1.54) is 0 Å². The number of carbonyl (C=O) groups is 1. The fourth-order valence-electron chi connectivity index (χ4n) is 2.64. The topological polar surface area (TPSA) is 59.6 Å². The van der Waals surface area contributed by atoms with Crippen LogP contribution in [-0.2, 0) is 11.3 Å². The van der Waals surface area contributed by atoms with Crippen LogP contribution in [0.1, 0.15) is 31.7 Å². The van der Waals surface area contributed by atoms with Crippen LogP contribution in [0.25, 0.3) is 0 Å². The Kier molecular flexibility index (Phi) is 5.87. The number of ether oxygens (including phenoxy) is 2. The molecule has 1 aliphatic rings. The van der Waals surface area contributed by atoms with Crippen LogP contribution in [-0.4, -0.2) is 31.9 Å². The van der Waals surface area contributed by atoms with Crippen molar-refractivity contribution in [3.8, 4) is 5.75 Å². The zero-order valence-electron chi connectivity index (χ0n) is 12.7. The van der Waals surface area contributed by atoms with Gasteiger partial charge in [-0.3, -0.25) is 0 Å². The summed E-state index contributed by atoms with van der Waals surface area (Å²) in [6.45, 7) is 3.02. The molecule has 2 rings (SSSR count). The van der Waals surface area contributed by atoms with Gasteiger partial charge in [-0.25, -0.2) is 4.79 Å². The first-order chi connectivity index (χ1) is 10.2. The van der Waals surface area contributed by atoms with Crippen molar-refractivity contribution in [2.75, 3.05) is 13.7 Å². The molecule has 116 valence electrons. The minimum atomic E-state index is -0.136. The quantitative estimate of drug-likeness (QED) is 0.846. The molecule has 1 aliphatic carbocycles. The molecule has 0 aromatic heterocycles. The Morgan fingerprint density at radius 1 is 1.33 bits per heavy atom. The first-order valence-corrected chi connectivity index (χ1v) is 7.50. The Hall–Kier alpha value is -1.75. The molecule has 0 unspecified atom stereocenters. The summed E-state index contributed by atoms with van der Waals surface area (Å²) in [6.07, 6.45) is 3.14. The molecule has 5 heteroatoms. The van der Waals surface area contributed by atoms with Gasteiger partial charge in [0.1, 0.15) is 5.75 Å². The van der Waals surface area contributed by atoms with Crippen molar-refractivity contribution < 1.29 is 14.3 Å². The number of carbonyl (C=O) groups excluding carboxylic acids is 1. The van der Waals surface area contributed by atoms with Crippen molar-refractivity contribution in [3.05, 3.63) is 29.8 Å². The molecule has 1 fully saturated rings. The number of para-hydroxylation sites is 1. The van der Waals surface area contributed by atoms with Crippen LogP contribution in [0.2, 0.25) is 0 Å². The van der Waals surface area contributed by atoms with E-state index < -0.39 is 0 Å². The number of nitrogens with one attached hydrogen (secondary N) is 2. The molecule has 0 saturated heterocycles. The summed E-state index contributed by atoms with van der Waals surface area (Å²) in [5, 5.41) is 5.88. The number of hydrogen-bond acceptors (Lipinski definition) is 3. The second kappa shape index (κ2) is 7.88. The van der Waals surface area contributed by atoms with Gasteiger partial charge in [-0.15, -0.1) is 0 Å². The third-order valence-electron chi connectivity index (χ3n) is 3.76. The van der Waals surface area contributed by atoms with Crippen molar-refractivity contribution in [2.45, 2.75) is 44.9 Å². The Labute approximate surface area is 126 Å². The lowest BCUT2D eigenvalue weighted by Crippen LogP contribution is -2.40. The van der Waals surface area contributed by atoms with Crippen LogP contribution in [0, 0.1) is 0 Å². The van der Waals surface area contributed by atoms with E-state index in [-0.39, 0.29) is 18.2 Å². The van der Waals surface area contributed by atoms with Gasteiger partial charge in [0.05, 0.1) is 12.7 Å². The molecule has 21 heavy (non-hydrogen) atoms. The van der Waals surface area contributed by atoms with E-state index in [4.69, 9.17) is 9.47 Å². The van der Waals surface area contributed by atoms with Crippen LogP contribution in [0.15, 0.2) is 24.3 Å². The lowest BCUT2D eigenvalue weighted by molar-refractivity contribution is 0.107. The van der Waals surface area contributed by atoms with Gasteiger partial charge in [-0.05, 0) is 32.3 Å². The highest BCUT2D eigenvalue weighted by Crippen LogP contribution is 2.21. The second-order valence-electron chi connectivity index (χ2n) is 5.24. The van der Waals surface area contributed by atoms with Crippen molar-refractivity contribution in [1.82, 2.24) is 10.6 Å². The molecule has 1 aromatic carbocycles. The number of hydrogen-bond donors (Lipinski definition) is 2. The average molecular weight is 292 g/mol. The van der Waals surface area contributed by atoms with E-state index in [1.807, 2.05) is 31.2 Å². The van der Waals surface area contributed by atoms with Gasteiger partial charge in [0.2, 0.25) is 0 Å². The predicted molar refractivity (Wildman–Crippen MR) is 81.4 cm³/mol. The summed E-state index contributed by atoms with van der Waals surface area (Å²) in [6, 6.07) is 7.82. The van der Waals surface area contributed by atoms with Gasteiger partial charge < -0.3 is 20.1 Å². The van der Waals surface area contributed by atoms with Gasteiger partial charge >= 0.3 is 6.03 Å². The summed E-state index contributed by atoms with van der Waals surface area (Å²) in [4.78, 5) is 11.9. The van der Waals surface area contributed by atoms with Gasteiger partial charge in [0.25, 0.3) is 0 Å². The van der Waals surface area contributed by atoms with Crippen molar-refractivity contribution >= 4 is 6.03 Å². The van der Waals surface area contributed by atoms with Gasteiger partial charge in [0.15, 0.2) is 0 Å². The third-order valence-corrected chi connectivity index (χ3v) is 3.76. The predicted octanol–water partition coefficient (Wildman–Crippen LogP) is 2.45. The molecule has 0 aliphatic heterocycles. The van der Waals surface area contributed by atoms with E-state index in [2.05, 4.69) is 10.6 Å². The highest BCUT2D eigenvalue weighted by atomic mass is 16.5. The fraction of sp³-hybridized carbons (Fsp3) is 0.562. The van der Waals surface area contributed by atoms with E-state index in [9.17, 15) is 4.79 Å². The fourth-order valence-corrected chi connectivity index (χ4v) is 2.64. The van der Waals surface area contributed by atoms with Crippen LogP contribution < -0.4 is 15.4 Å². The molecular formula is C16H24N2O3. The lowest BCUT2D eigenvalue weighted by atomic mass is 10.2. The number of urea groups is 1. The molecule has 0 spiro atoms. The van der Waals surface area contributed by atoms with Crippen molar-refractivity contribution in [2.24, 2.45) is 0 Å². The summed E-state index contributed by atoms with van der Waals surface area (Å²) in [5.41, 5.74) is 0.982. The van der Waals surface area contributed by atoms with Gasteiger partial charge in [-0.2, -0.15) is 0 Å². The number of amides is 2. The maximum atomic E-state index is 11.9. The number of methoxy groups -OCH3 is 1. The Morgan fingerprint density at radius 2 is 2.14 bits per heavy atom. The molecular weight excluding hydrogens is 268 g/mol. The first-order valence-electron chi connectivity index (χ1n) is 7.50. The monoisotopic (exact) mass is 292 g/mol. The van der Waals surface area contributed by atoms with Crippen LogP contribution in [0.3, 0.4) is 0 Å². The summed E-state index contributed by atoms with van der Waals surface area (Å²) < 4.78 is 10.8. The summed E-state index contributed by atoms with van der Waals surface area (Å²) >= 11 is 0. The Balaban J connectivity index is 1.79. The van der Waals surface area contributed by atoms with E-state index in [0.29, 0.717) is 13.2 Å². The summed E-state index contributed by atoms with van der Waals surface area (Å²) in [7, 11) is 1.72. The maximum absolute atomic E-state index is 11.9. The smallest absolute Gasteiger partial charge is 0.315 e. The highest BCUT2D eigenvalue weighted by Gasteiger charge is 2.25. The average Bonchev–Trinajstić information content (AvgIpc) is 2.94. The summed E-state index contributed by atoms with van der Waals surface area (Å²) in [5.74, 6) is 0.820. The molecule has 0 radical (unpaired) electrons. The van der Waals surface area contributed by atoms with Crippen molar-refractivity contribution in [3.63, 3.8) is 0 Å². The van der Waals surface area contributed by atoms with Crippen LogP contribution in [0.5, 0.6) is 5.75 Å². The highest BCUT2D eigenvalue weighted by molar-refractivity contribution is 5.74. The van der Waals surface area contributed by atoms with E-state index in [1.54, 1.807) is 7.11 Å². The standard InChI is InChI=1S/C16H24N2O3/c1-3-21-15-7-5-4-6-12(15)11-17-16(19)18-13-8-9-14(10-13)20-2/h4-7,13-14H,3,8-11H2,1-2H3,(H2,17,18,19)/t13-,14+/m1/s1. The maximum Gasteiger partial charge on any atom is 0.315 e. The zero-order valence-corrected chi connectivity index (χ0v) is 12.7. The van der Waals surface area contributed by atoms with Crippen molar-refractivity contribution in [1.29, 1.82) is 0 Å². The number of rotatable bonds is 6. The third kappa shape index (κ3) is 4.63. The molecule has 5 nitrogen and oxygen atoms in total. The molecule has 1 aromatic rings. The SMILES string of the molecule is CCOc1ccccc1CNC(=O)N[C@@H]1CC[C@H](OC)C1. The second-order valence-corrected chi connectivity index (χ2v) is 5.24. The Morgan fingerprint density at radius 3 is 2.86 bits per heavy atom. The Bertz CT molecular complexity index is 465. The minimum Gasteiger partial charge on any atom is -0.494 e. The molecule has 2 N–H and O–H groups in total. The molecule has 0 bridgehead atoms. The number of benzene rings is 1.